The topological polar surface area (TPSA) is 49.4 Å². The Morgan fingerprint density at radius 1 is 1.33 bits per heavy atom. The predicted octanol–water partition coefficient (Wildman–Crippen LogP) is 3.01. The molecule has 0 radical (unpaired) electrons. The van der Waals surface area contributed by atoms with E-state index in [1.165, 1.54) is 0 Å². The van der Waals surface area contributed by atoms with Crippen LogP contribution in [0.2, 0.25) is 5.02 Å². The fraction of sp³-hybridized carbons (Fsp3) is 0.600. The molecule has 1 aliphatic carbocycles. The van der Waals surface area contributed by atoms with Crippen molar-refractivity contribution in [1.29, 1.82) is 0 Å². The zero-order chi connectivity index (χ0) is 15.5. The highest BCUT2D eigenvalue weighted by Crippen LogP contribution is 2.32. The van der Waals surface area contributed by atoms with Gasteiger partial charge in [0.15, 0.2) is 0 Å². The number of sulfonamides is 1. The predicted molar refractivity (Wildman–Crippen MR) is 86.0 cm³/mol. The van der Waals surface area contributed by atoms with Gasteiger partial charge in [-0.25, -0.2) is 8.42 Å². The minimum atomic E-state index is -3.42. The van der Waals surface area contributed by atoms with E-state index >= 15 is 0 Å². The van der Waals surface area contributed by atoms with E-state index in [0.29, 0.717) is 23.0 Å². The Hall–Kier alpha value is -0.620. The second kappa shape index (κ2) is 7.09. The van der Waals surface area contributed by atoms with Gasteiger partial charge >= 0.3 is 0 Å². The smallest absolute Gasteiger partial charge is 0.243 e. The van der Waals surface area contributed by atoms with Crippen molar-refractivity contribution in [3.05, 3.63) is 28.8 Å². The summed E-state index contributed by atoms with van der Waals surface area (Å²) in [5.74, 6) is 0. The highest BCUT2D eigenvalue weighted by Gasteiger charge is 2.36. The molecule has 118 valence electrons. The Morgan fingerprint density at radius 3 is 2.57 bits per heavy atom. The van der Waals surface area contributed by atoms with E-state index in [1.807, 2.05) is 6.92 Å². The molecule has 0 spiro atoms. The van der Waals surface area contributed by atoms with E-state index in [4.69, 9.17) is 11.6 Å². The Labute approximate surface area is 132 Å². The second-order valence-corrected chi connectivity index (χ2v) is 7.67. The van der Waals surface area contributed by atoms with Crippen LogP contribution in [-0.2, 0) is 16.6 Å². The second-order valence-electron chi connectivity index (χ2n) is 5.37. The average Bonchev–Trinajstić information content (AvgIpc) is 3.26. The van der Waals surface area contributed by atoms with Gasteiger partial charge in [0.05, 0.1) is 4.90 Å². The molecule has 1 aliphatic rings. The fourth-order valence-corrected chi connectivity index (χ4v) is 4.39. The van der Waals surface area contributed by atoms with Crippen LogP contribution in [0.25, 0.3) is 0 Å². The van der Waals surface area contributed by atoms with Gasteiger partial charge in [-0.3, -0.25) is 0 Å². The summed E-state index contributed by atoms with van der Waals surface area (Å²) in [5.41, 5.74) is 0.929. The number of rotatable bonds is 8. The maximum absolute atomic E-state index is 12.6. The fourth-order valence-electron chi connectivity index (χ4n) is 2.35. The summed E-state index contributed by atoms with van der Waals surface area (Å²) in [6.07, 6.45) is 2.97. The van der Waals surface area contributed by atoms with Crippen LogP contribution in [0.5, 0.6) is 0 Å². The molecule has 21 heavy (non-hydrogen) atoms. The monoisotopic (exact) mass is 330 g/mol. The van der Waals surface area contributed by atoms with Gasteiger partial charge in [0, 0.05) is 24.2 Å². The number of nitrogens with zero attached hydrogens (tertiary/aromatic N) is 1. The van der Waals surface area contributed by atoms with E-state index in [2.05, 4.69) is 12.2 Å². The molecule has 0 aliphatic heterocycles. The Kier molecular flexibility index (Phi) is 5.66. The zero-order valence-corrected chi connectivity index (χ0v) is 14.2. The van der Waals surface area contributed by atoms with Crippen LogP contribution >= 0.6 is 11.6 Å². The van der Waals surface area contributed by atoms with Gasteiger partial charge in [0.1, 0.15) is 0 Å². The number of nitrogens with one attached hydrogen (secondary N) is 1. The maximum atomic E-state index is 12.6. The molecule has 1 fully saturated rings. The summed E-state index contributed by atoms with van der Waals surface area (Å²) in [6.45, 7) is 6.06. The molecule has 1 aromatic rings. The highest BCUT2D eigenvalue weighted by molar-refractivity contribution is 7.89. The van der Waals surface area contributed by atoms with Crippen molar-refractivity contribution in [2.24, 2.45) is 0 Å². The first-order chi connectivity index (χ1) is 10.0. The van der Waals surface area contributed by atoms with E-state index in [9.17, 15) is 8.42 Å². The molecule has 1 saturated carbocycles. The van der Waals surface area contributed by atoms with Crippen molar-refractivity contribution in [2.45, 2.75) is 50.6 Å². The Balaban J connectivity index is 2.18. The molecular formula is C15H23ClN2O2S. The molecule has 0 bridgehead atoms. The summed E-state index contributed by atoms with van der Waals surface area (Å²) in [6, 6.07) is 5.21. The molecule has 1 N–H and O–H groups in total. The summed E-state index contributed by atoms with van der Waals surface area (Å²) in [5, 5.41) is 3.77. The minimum Gasteiger partial charge on any atom is -0.313 e. The standard InChI is InChI=1S/C15H23ClN2O2S/c1-3-9-17-11-12-5-8-14(10-15(12)16)21(19,20)18(4-2)13-6-7-13/h5,8,10,13,17H,3-4,6-7,9,11H2,1-2H3. The average molecular weight is 331 g/mol. The third-order valence-electron chi connectivity index (χ3n) is 3.64. The van der Waals surface area contributed by atoms with Gasteiger partial charge in [0.25, 0.3) is 0 Å². The van der Waals surface area contributed by atoms with Crippen LogP contribution in [0.3, 0.4) is 0 Å². The molecular weight excluding hydrogens is 308 g/mol. The molecule has 0 saturated heterocycles. The minimum absolute atomic E-state index is 0.171. The van der Waals surface area contributed by atoms with Gasteiger partial charge < -0.3 is 5.32 Å². The number of hydrogen-bond donors (Lipinski definition) is 1. The van der Waals surface area contributed by atoms with Crippen molar-refractivity contribution in [1.82, 2.24) is 9.62 Å². The number of benzene rings is 1. The molecule has 4 nitrogen and oxygen atoms in total. The third kappa shape index (κ3) is 3.97. The lowest BCUT2D eigenvalue weighted by atomic mass is 10.2. The van der Waals surface area contributed by atoms with Gasteiger partial charge in [-0.05, 0) is 43.5 Å². The summed E-state index contributed by atoms with van der Waals surface area (Å²) >= 11 is 6.23. The molecule has 1 aromatic carbocycles. The zero-order valence-electron chi connectivity index (χ0n) is 12.6. The van der Waals surface area contributed by atoms with Crippen molar-refractivity contribution in [3.8, 4) is 0 Å². The molecule has 0 atom stereocenters. The molecule has 2 rings (SSSR count). The van der Waals surface area contributed by atoms with Crippen LogP contribution in [-0.4, -0.2) is 31.9 Å². The van der Waals surface area contributed by atoms with Crippen LogP contribution in [0.1, 0.15) is 38.7 Å². The third-order valence-corrected chi connectivity index (χ3v) is 6.01. The molecule has 0 aromatic heterocycles. The number of hydrogen-bond acceptors (Lipinski definition) is 3. The lowest BCUT2D eigenvalue weighted by Crippen LogP contribution is -2.32. The molecule has 0 heterocycles. The molecule has 0 unspecified atom stereocenters. The van der Waals surface area contributed by atoms with E-state index in [1.54, 1.807) is 22.5 Å². The van der Waals surface area contributed by atoms with Gasteiger partial charge in [-0.2, -0.15) is 4.31 Å². The van der Waals surface area contributed by atoms with Crippen molar-refractivity contribution >= 4 is 21.6 Å². The Morgan fingerprint density at radius 2 is 2.05 bits per heavy atom. The van der Waals surface area contributed by atoms with Crippen molar-refractivity contribution in [3.63, 3.8) is 0 Å². The normalized spacial score (nSPS) is 15.6. The van der Waals surface area contributed by atoms with Crippen LogP contribution in [0.15, 0.2) is 23.1 Å². The lowest BCUT2D eigenvalue weighted by Gasteiger charge is -2.20. The van der Waals surface area contributed by atoms with Crippen LogP contribution in [0, 0.1) is 0 Å². The van der Waals surface area contributed by atoms with Crippen molar-refractivity contribution < 1.29 is 8.42 Å². The van der Waals surface area contributed by atoms with Crippen LogP contribution in [0.4, 0.5) is 0 Å². The maximum Gasteiger partial charge on any atom is 0.243 e. The molecule has 0 amide bonds. The van der Waals surface area contributed by atoms with Gasteiger partial charge in [-0.1, -0.05) is 31.5 Å². The van der Waals surface area contributed by atoms with Crippen molar-refractivity contribution in [2.75, 3.05) is 13.1 Å². The Bertz CT molecular complexity index is 585. The van der Waals surface area contributed by atoms with E-state index in [-0.39, 0.29) is 6.04 Å². The summed E-state index contributed by atoms with van der Waals surface area (Å²) in [7, 11) is -3.42. The SMILES string of the molecule is CCCNCc1ccc(S(=O)(=O)N(CC)C2CC2)cc1Cl. The first-order valence-corrected chi connectivity index (χ1v) is 9.33. The van der Waals surface area contributed by atoms with E-state index in [0.717, 1.165) is 31.4 Å². The van der Waals surface area contributed by atoms with Gasteiger partial charge in [0.2, 0.25) is 10.0 Å². The lowest BCUT2D eigenvalue weighted by molar-refractivity contribution is 0.421. The quantitative estimate of drug-likeness (QED) is 0.745. The number of halogens is 1. The molecule has 6 heteroatoms. The largest absolute Gasteiger partial charge is 0.313 e. The highest BCUT2D eigenvalue weighted by atomic mass is 35.5. The first kappa shape index (κ1) is 16.7. The summed E-state index contributed by atoms with van der Waals surface area (Å²) in [4.78, 5) is 0.292. The summed E-state index contributed by atoms with van der Waals surface area (Å²) < 4.78 is 26.8. The van der Waals surface area contributed by atoms with E-state index < -0.39 is 10.0 Å². The van der Waals surface area contributed by atoms with Crippen LogP contribution < -0.4 is 5.32 Å². The first-order valence-electron chi connectivity index (χ1n) is 7.51. The van der Waals surface area contributed by atoms with Gasteiger partial charge in [-0.15, -0.1) is 0 Å².